The lowest BCUT2D eigenvalue weighted by Gasteiger charge is -1.85. The van der Waals surface area contributed by atoms with Crippen LogP contribution in [0.15, 0.2) is 5.38 Å². The standard InChI is InChI=1S/C5H8N2S.2ClH/c1-4-7-5(6-2)3-8-4;;/h3,6H,1-2H3;2*1H. The first-order valence-corrected chi connectivity index (χ1v) is 3.31. The first-order chi connectivity index (χ1) is 3.83. The summed E-state index contributed by atoms with van der Waals surface area (Å²) >= 11 is 1.66. The Morgan fingerprint density at radius 1 is 1.50 bits per heavy atom. The van der Waals surface area contributed by atoms with Crippen molar-refractivity contribution in [1.29, 1.82) is 0 Å². The van der Waals surface area contributed by atoms with Crippen molar-refractivity contribution in [2.75, 3.05) is 12.4 Å². The number of rotatable bonds is 1. The summed E-state index contributed by atoms with van der Waals surface area (Å²) in [5.41, 5.74) is 0. The van der Waals surface area contributed by atoms with E-state index in [9.17, 15) is 0 Å². The Balaban J connectivity index is 0. The number of hydrogen-bond donors (Lipinski definition) is 1. The molecule has 0 radical (unpaired) electrons. The number of hydrogen-bond acceptors (Lipinski definition) is 3. The minimum atomic E-state index is 0. The van der Waals surface area contributed by atoms with Crippen LogP contribution in [0.3, 0.4) is 0 Å². The number of halogens is 2. The summed E-state index contributed by atoms with van der Waals surface area (Å²) in [6.45, 7) is 1.99. The molecule has 0 saturated carbocycles. The lowest BCUT2D eigenvalue weighted by molar-refractivity contribution is 1.27. The largest absolute Gasteiger partial charge is 0.372 e. The second-order valence-corrected chi connectivity index (χ2v) is 2.56. The fourth-order valence-corrected chi connectivity index (χ4v) is 1.08. The van der Waals surface area contributed by atoms with E-state index in [1.165, 1.54) is 0 Å². The molecule has 0 atom stereocenters. The van der Waals surface area contributed by atoms with E-state index in [4.69, 9.17) is 0 Å². The first-order valence-electron chi connectivity index (χ1n) is 2.43. The minimum Gasteiger partial charge on any atom is -0.372 e. The summed E-state index contributed by atoms with van der Waals surface area (Å²) in [6.07, 6.45) is 0. The van der Waals surface area contributed by atoms with Crippen LogP contribution in [0.25, 0.3) is 0 Å². The van der Waals surface area contributed by atoms with Crippen molar-refractivity contribution in [1.82, 2.24) is 4.98 Å². The van der Waals surface area contributed by atoms with E-state index in [1.807, 2.05) is 19.4 Å². The van der Waals surface area contributed by atoms with Gasteiger partial charge in [-0.2, -0.15) is 0 Å². The molecule has 5 heteroatoms. The third-order valence-corrected chi connectivity index (χ3v) is 1.65. The fraction of sp³-hybridized carbons (Fsp3) is 0.400. The topological polar surface area (TPSA) is 24.9 Å². The van der Waals surface area contributed by atoms with Crippen LogP contribution in [-0.2, 0) is 0 Å². The van der Waals surface area contributed by atoms with E-state index in [0.29, 0.717) is 0 Å². The average molecular weight is 201 g/mol. The molecule has 1 aromatic rings. The highest BCUT2D eigenvalue weighted by molar-refractivity contribution is 7.09. The SMILES string of the molecule is CNc1csc(C)n1.Cl.Cl. The van der Waals surface area contributed by atoms with E-state index in [1.54, 1.807) is 11.3 Å². The molecular formula is C5H10Cl2N2S. The smallest absolute Gasteiger partial charge is 0.137 e. The molecule has 0 aliphatic carbocycles. The molecule has 1 aromatic heterocycles. The molecule has 1 heterocycles. The Bertz CT molecular complexity index is 178. The predicted octanol–water partition coefficient (Wildman–Crippen LogP) is 2.34. The van der Waals surface area contributed by atoms with Crippen molar-refractivity contribution in [2.24, 2.45) is 0 Å². The maximum atomic E-state index is 4.14. The van der Waals surface area contributed by atoms with Gasteiger partial charge in [-0.05, 0) is 6.92 Å². The molecule has 1 rings (SSSR count). The van der Waals surface area contributed by atoms with Crippen molar-refractivity contribution in [3.05, 3.63) is 10.4 Å². The van der Waals surface area contributed by atoms with Crippen LogP contribution in [0.4, 0.5) is 5.82 Å². The maximum absolute atomic E-state index is 4.14. The van der Waals surface area contributed by atoms with E-state index in [2.05, 4.69) is 10.3 Å². The molecule has 0 aromatic carbocycles. The minimum absolute atomic E-state index is 0. The number of thiazole rings is 1. The molecule has 0 fully saturated rings. The van der Waals surface area contributed by atoms with Crippen molar-refractivity contribution in [3.63, 3.8) is 0 Å². The molecule has 60 valence electrons. The first kappa shape index (κ1) is 12.7. The quantitative estimate of drug-likeness (QED) is 0.754. The fourth-order valence-electron chi connectivity index (χ4n) is 0.478. The van der Waals surface area contributed by atoms with E-state index in [0.717, 1.165) is 10.8 Å². The van der Waals surface area contributed by atoms with Gasteiger partial charge in [0, 0.05) is 12.4 Å². The van der Waals surface area contributed by atoms with Gasteiger partial charge in [-0.3, -0.25) is 0 Å². The zero-order valence-corrected chi connectivity index (χ0v) is 8.20. The van der Waals surface area contributed by atoms with Crippen LogP contribution < -0.4 is 5.32 Å². The van der Waals surface area contributed by atoms with Crippen LogP contribution in [0.5, 0.6) is 0 Å². The van der Waals surface area contributed by atoms with Crippen LogP contribution >= 0.6 is 36.2 Å². The van der Waals surface area contributed by atoms with Crippen LogP contribution in [0, 0.1) is 6.92 Å². The Kier molecular flexibility index (Phi) is 7.31. The molecule has 0 spiro atoms. The lowest BCUT2D eigenvalue weighted by Crippen LogP contribution is -1.85. The van der Waals surface area contributed by atoms with Crippen molar-refractivity contribution >= 4 is 42.0 Å². The molecule has 0 amide bonds. The highest BCUT2D eigenvalue weighted by Gasteiger charge is 1.90. The molecule has 0 aliphatic rings. The predicted molar refractivity (Wildman–Crippen MR) is 50.9 cm³/mol. The molecule has 2 nitrogen and oxygen atoms in total. The highest BCUT2D eigenvalue weighted by Crippen LogP contribution is 2.10. The van der Waals surface area contributed by atoms with E-state index < -0.39 is 0 Å². The second kappa shape index (κ2) is 5.77. The average Bonchev–Trinajstić information content (AvgIpc) is 2.14. The van der Waals surface area contributed by atoms with Crippen LogP contribution in [0.1, 0.15) is 5.01 Å². The second-order valence-electron chi connectivity index (χ2n) is 1.50. The van der Waals surface area contributed by atoms with Crippen LogP contribution in [-0.4, -0.2) is 12.0 Å². The molecule has 0 bridgehead atoms. The van der Waals surface area contributed by atoms with E-state index >= 15 is 0 Å². The van der Waals surface area contributed by atoms with Gasteiger partial charge in [0.1, 0.15) is 5.82 Å². The summed E-state index contributed by atoms with van der Waals surface area (Å²) < 4.78 is 0. The summed E-state index contributed by atoms with van der Waals surface area (Å²) in [6, 6.07) is 0. The van der Waals surface area contributed by atoms with Gasteiger partial charge in [-0.25, -0.2) is 4.98 Å². The van der Waals surface area contributed by atoms with Gasteiger partial charge in [0.25, 0.3) is 0 Å². The Morgan fingerprint density at radius 2 is 2.10 bits per heavy atom. The van der Waals surface area contributed by atoms with Crippen molar-refractivity contribution < 1.29 is 0 Å². The number of anilines is 1. The maximum Gasteiger partial charge on any atom is 0.137 e. The lowest BCUT2D eigenvalue weighted by atomic mass is 10.7. The van der Waals surface area contributed by atoms with Crippen molar-refractivity contribution in [2.45, 2.75) is 6.92 Å². The van der Waals surface area contributed by atoms with Gasteiger partial charge in [-0.15, -0.1) is 36.2 Å². The highest BCUT2D eigenvalue weighted by atomic mass is 35.5. The number of nitrogens with one attached hydrogen (secondary N) is 1. The van der Waals surface area contributed by atoms with Gasteiger partial charge in [-0.1, -0.05) is 0 Å². The molecule has 10 heavy (non-hydrogen) atoms. The van der Waals surface area contributed by atoms with Crippen LogP contribution in [0.2, 0.25) is 0 Å². The Morgan fingerprint density at radius 3 is 2.30 bits per heavy atom. The zero-order valence-electron chi connectivity index (χ0n) is 5.75. The molecule has 1 N–H and O–H groups in total. The Hall–Kier alpha value is 0.01000. The monoisotopic (exact) mass is 200 g/mol. The third kappa shape index (κ3) is 3.25. The molecule has 0 saturated heterocycles. The summed E-state index contributed by atoms with van der Waals surface area (Å²) in [4.78, 5) is 4.14. The normalized spacial score (nSPS) is 7.40. The van der Waals surface area contributed by atoms with Crippen molar-refractivity contribution in [3.8, 4) is 0 Å². The van der Waals surface area contributed by atoms with Gasteiger partial charge >= 0.3 is 0 Å². The molecular weight excluding hydrogens is 191 g/mol. The zero-order chi connectivity index (χ0) is 5.98. The molecule has 0 aliphatic heterocycles. The summed E-state index contributed by atoms with van der Waals surface area (Å²) in [5.74, 6) is 0.965. The third-order valence-electron chi connectivity index (χ3n) is 0.875. The van der Waals surface area contributed by atoms with Gasteiger partial charge in [0.2, 0.25) is 0 Å². The van der Waals surface area contributed by atoms with Gasteiger partial charge in [0.05, 0.1) is 5.01 Å². The number of aromatic nitrogens is 1. The Labute approximate surface area is 76.9 Å². The summed E-state index contributed by atoms with van der Waals surface area (Å²) in [7, 11) is 1.87. The van der Waals surface area contributed by atoms with Gasteiger partial charge in [0.15, 0.2) is 0 Å². The van der Waals surface area contributed by atoms with E-state index in [-0.39, 0.29) is 24.8 Å². The summed E-state index contributed by atoms with van der Waals surface area (Å²) in [5, 5.41) is 6.05. The van der Waals surface area contributed by atoms with Gasteiger partial charge < -0.3 is 5.32 Å². The molecule has 0 unspecified atom stereocenters. The number of aryl methyl sites for hydroxylation is 1. The number of nitrogens with zero attached hydrogens (tertiary/aromatic N) is 1.